The summed E-state index contributed by atoms with van der Waals surface area (Å²) in [6.07, 6.45) is 3.82. The van der Waals surface area contributed by atoms with E-state index >= 15 is 0 Å². The van der Waals surface area contributed by atoms with Gasteiger partial charge in [-0.15, -0.1) is 0 Å². The fraction of sp³-hybridized carbons (Fsp3) is 0.971. The van der Waals surface area contributed by atoms with Crippen molar-refractivity contribution in [2.45, 2.75) is 150 Å². The van der Waals surface area contributed by atoms with Crippen molar-refractivity contribution >= 4 is 5.91 Å². The Labute approximate surface area is 314 Å². The van der Waals surface area contributed by atoms with Crippen molar-refractivity contribution in [2.75, 3.05) is 59.6 Å². The van der Waals surface area contributed by atoms with E-state index in [2.05, 4.69) is 16.0 Å². The quantitative estimate of drug-likeness (QED) is 0.0864. The molecule has 4 aliphatic heterocycles. The topological polar surface area (TPSA) is 305 Å². The van der Waals surface area contributed by atoms with E-state index in [0.29, 0.717) is 32.5 Å². The van der Waals surface area contributed by atoms with Crippen molar-refractivity contribution in [3.05, 3.63) is 0 Å². The number of nitrogens with two attached hydrogens (primary N) is 4. The van der Waals surface area contributed by atoms with E-state index in [1.54, 1.807) is 7.11 Å². The Kier molecular flexibility index (Phi) is 20.7. The molecule has 0 aromatic carbocycles. The van der Waals surface area contributed by atoms with E-state index in [-0.39, 0.29) is 74.6 Å². The van der Waals surface area contributed by atoms with Gasteiger partial charge in [0.05, 0.1) is 61.5 Å². The molecule has 18 heteroatoms. The maximum Gasteiger partial charge on any atom is 0.223 e. The van der Waals surface area contributed by atoms with Gasteiger partial charge in [-0.25, -0.2) is 0 Å². The second-order valence-corrected chi connectivity index (χ2v) is 15.2. The number of rotatable bonds is 13. The van der Waals surface area contributed by atoms with Crippen molar-refractivity contribution in [1.29, 1.82) is 0 Å². The average molecular weight is 766 g/mol. The minimum atomic E-state index is -0.955. The van der Waals surface area contributed by atoms with Crippen LogP contribution >= 0.6 is 0 Å². The Balaban J connectivity index is 0.000000227. The molecule has 0 bridgehead atoms. The highest BCUT2D eigenvalue weighted by Crippen LogP contribution is 2.28. The fourth-order valence-corrected chi connectivity index (χ4v) is 7.22. The molecule has 0 spiro atoms. The maximum atomic E-state index is 12.1. The third-order valence-electron chi connectivity index (χ3n) is 10.7. The first-order valence-corrected chi connectivity index (χ1v) is 19.4. The van der Waals surface area contributed by atoms with Gasteiger partial charge >= 0.3 is 0 Å². The van der Waals surface area contributed by atoms with Gasteiger partial charge in [0.1, 0.15) is 6.10 Å². The number of hydrogen-bond acceptors (Lipinski definition) is 17. The molecule has 312 valence electrons. The van der Waals surface area contributed by atoms with E-state index in [0.717, 1.165) is 64.5 Å². The third kappa shape index (κ3) is 15.7. The number of carbonyl (C=O) groups excluding carboxylic acids is 1. The minimum absolute atomic E-state index is 0.0129. The summed E-state index contributed by atoms with van der Waals surface area (Å²) in [5.74, 6) is -0.0493. The normalized spacial score (nSPS) is 37.7. The first-order valence-electron chi connectivity index (χ1n) is 19.4. The molecule has 18 nitrogen and oxygen atoms in total. The zero-order valence-electron chi connectivity index (χ0n) is 31.7. The van der Waals surface area contributed by atoms with Crippen molar-refractivity contribution in [3.63, 3.8) is 0 Å². The van der Waals surface area contributed by atoms with Crippen molar-refractivity contribution in [1.82, 2.24) is 16.0 Å². The smallest absolute Gasteiger partial charge is 0.223 e. The fourth-order valence-electron chi connectivity index (χ4n) is 7.22. The summed E-state index contributed by atoms with van der Waals surface area (Å²) >= 11 is 0. The lowest BCUT2D eigenvalue weighted by Gasteiger charge is -2.36. The minimum Gasteiger partial charge on any atom is -0.394 e. The second-order valence-electron chi connectivity index (χ2n) is 15.2. The number of aliphatic hydroxyl groups excluding tert-OH is 4. The molecule has 53 heavy (non-hydrogen) atoms. The average Bonchev–Trinajstić information content (AvgIpc) is 3.59. The molecule has 1 aliphatic carbocycles. The van der Waals surface area contributed by atoms with E-state index < -0.39 is 36.1 Å². The predicted molar refractivity (Wildman–Crippen MR) is 196 cm³/mol. The van der Waals surface area contributed by atoms with Gasteiger partial charge in [0.2, 0.25) is 5.91 Å². The monoisotopic (exact) mass is 766 g/mol. The van der Waals surface area contributed by atoms with Gasteiger partial charge in [0.25, 0.3) is 0 Å². The summed E-state index contributed by atoms with van der Waals surface area (Å²) in [6, 6.07) is -0.460. The molecule has 16 N–H and O–H groups in total. The standard InChI is InChI=1S/C16H31N3O4.C13H26N2O4.C6H14N2O3/c1-10(4-5-17)16(21)19-12-6-11(18)7-14(8-12)23-15-3-2-13(9-20)22-15;1-18-12-3-2-10(16)11(19-12)8-15-9-13(17)4-6-14-7-5-13;7-1-4-6(10)5(9)3(8)2-11-4/h10-15,20H,2-9,17-18H2,1H3,(H,19,21);10-12,14-17H,2-9H2,1H3;3-6,9-10H,1-2,7-8H2/t;10-,11?,12-;3-,4-,5?,6+/m.00/s1. The molecular formula is C35H71N7O11. The molecule has 1 amide bonds. The van der Waals surface area contributed by atoms with Crippen LogP contribution in [-0.2, 0) is 28.5 Å². The molecule has 5 rings (SSSR count). The zero-order chi connectivity index (χ0) is 39.0. The van der Waals surface area contributed by atoms with E-state index in [4.69, 9.17) is 51.7 Å². The zero-order valence-corrected chi connectivity index (χ0v) is 31.7. The molecule has 0 aromatic heterocycles. The van der Waals surface area contributed by atoms with Gasteiger partial charge in [-0.1, -0.05) is 6.92 Å². The Morgan fingerprint density at radius 1 is 0.981 bits per heavy atom. The number of hydrogen-bond donors (Lipinski definition) is 12. The highest BCUT2D eigenvalue weighted by atomic mass is 16.7. The van der Waals surface area contributed by atoms with Crippen LogP contribution in [0.2, 0.25) is 0 Å². The lowest BCUT2D eigenvalue weighted by Crippen LogP contribution is -2.58. The van der Waals surface area contributed by atoms with Gasteiger partial charge in [0.15, 0.2) is 12.6 Å². The van der Waals surface area contributed by atoms with Crippen molar-refractivity contribution in [2.24, 2.45) is 28.9 Å². The van der Waals surface area contributed by atoms with Gasteiger partial charge in [0, 0.05) is 57.6 Å². The van der Waals surface area contributed by atoms with E-state index in [9.17, 15) is 25.2 Å². The second kappa shape index (κ2) is 23.8. The van der Waals surface area contributed by atoms with Crippen LogP contribution < -0.4 is 38.9 Å². The largest absolute Gasteiger partial charge is 0.394 e. The number of nitrogens with one attached hydrogen (secondary N) is 3. The molecular weight excluding hydrogens is 694 g/mol. The van der Waals surface area contributed by atoms with E-state index in [1.807, 2.05) is 6.92 Å². The first-order chi connectivity index (χ1) is 25.3. The van der Waals surface area contributed by atoms with Gasteiger partial charge in [-0.05, 0) is 71.0 Å². The van der Waals surface area contributed by atoms with Crippen LogP contribution in [0.15, 0.2) is 0 Å². The van der Waals surface area contributed by atoms with Crippen LogP contribution in [0.25, 0.3) is 0 Å². The van der Waals surface area contributed by atoms with Gasteiger partial charge in [-0.3, -0.25) is 4.79 Å². The number of ether oxygens (including phenoxy) is 5. The number of piperidine rings is 1. The first kappa shape index (κ1) is 46.2. The maximum absolute atomic E-state index is 12.1. The van der Waals surface area contributed by atoms with Crippen LogP contribution in [0, 0.1) is 5.92 Å². The van der Waals surface area contributed by atoms with Crippen LogP contribution in [0.5, 0.6) is 0 Å². The summed E-state index contributed by atoms with van der Waals surface area (Å²) in [4.78, 5) is 12.1. The highest BCUT2D eigenvalue weighted by Gasteiger charge is 2.36. The number of carbonyl (C=O) groups is 1. The lowest BCUT2D eigenvalue weighted by atomic mass is 9.88. The molecule has 1 saturated carbocycles. The molecule has 5 aliphatic rings. The van der Waals surface area contributed by atoms with Crippen LogP contribution in [0.3, 0.4) is 0 Å². The summed E-state index contributed by atoms with van der Waals surface area (Å²) in [5, 5.41) is 57.4. The lowest BCUT2D eigenvalue weighted by molar-refractivity contribution is -0.210. The van der Waals surface area contributed by atoms with Crippen molar-refractivity contribution in [3.8, 4) is 0 Å². The molecule has 0 aromatic rings. The summed E-state index contributed by atoms with van der Waals surface area (Å²) in [7, 11) is 1.62. The third-order valence-corrected chi connectivity index (χ3v) is 10.7. The van der Waals surface area contributed by atoms with Gasteiger partial charge < -0.3 is 88.1 Å². The number of amides is 1. The molecule has 8 unspecified atom stereocenters. The Morgan fingerprint density at radius 3 is 2.34 bits per heavy atom. The summed E-state index contributed by atoms with van der Waals surface area (Å²) < 4.78 is 27.5. The van der Waals surface area contributed by atoms with Crippen LogP contribution in [0.1, 0.15) is 71.1 Å². The Bertz CT molecular complexity index is 1020. The highest BCUT2D eigenvalue weighted by molar-refractivity contribution is 5.78. The summed E-state index contributed by atoms with van der Waals surface area (Å²) in [6.45, 7) is 5.66. The molecule has 4 heterocycles. The van der Waals surface area contributed by atoms with Crippen LogP contribution in [-0.4, -0.2) is 170 Å². The molecule has 0 radical (unpaired) electrons. The summed E-state index contributed by atoms with van der Waals surface area (Å²) in [5.41, 5.74) is 21.7. The Hall–Kier alpha value is -1.17. The number of aliphatic hydroxyl groups is 5. The van der Waals surface area contributed by atoms with Crippen molar-refractivity contribution < 1.29 is 54.0 Å². The van der Waals surface area contributed by atoms with Gasteiger partial charge in [-0.2, -0.15) is 0 Å². The Morgan fingerprint density at radius 2 is 1.70 bits per heavy atom. The molecule has 4 saturated heterocycles. The predicted octanol–water partition coefficient (Wildman–Crippen LogP) is -3.55. The molecule has 5 fully saturated rings. The number of methoxy groups -OCH3 is 1. The van der Waals surface area contributed by atoms with E-state index in [1.165, 1.54) is 0 Å². The SMILES string of the molecule is CC(CCN)C(=O)NC1CC(N)CC(OC2CCC(CO)O2)C1.CO[C@@H]1CC[C@H](O)C(CNCC2(O)CCNCC2)O1.NC[C@@H]1OC[C@H](N)C(O)[C@@H]1O. The van der Waals surface area contributed by atoms with Crippen LogP contribution in [0.4, 0.5) is 0 Å². The molecule has 13 atom stereocenters.